The topological polar surface area (TPSA) is 82.6 Å². The molecule has 0 bridgehead atoms. The Hall–Kier alpha value is -2.44. The molecule has 2 fully saturated rings. The molecule has 7 heteroatoms. The lowest BCUT2D eigenvalue weighted by molar-refractivity contribution is -0.134. The molecule has 2 atom stereocenters. The van der Waals surface area contributed by atoms with E-state index in [4.69, 9.17) is 0 Å². The van der Waals surface area contributed by atoms with E-state index in [0.29, 0.717) is 56.2 Å². The molecule has 1 saturated heterocycles. The second-order valence-corrected chi connectivity index (χ2v) is 7.16. The monoisotopic (exact) mass is 342 g/mol. The van der Waals surface area contributed by atoms with Crippen LogP contribution in [0.1, 0.15) is 39.6 Å². The molecule has 0 spiro atoms. The number of rotatable bonds is 2. The highest BCUT2D eigenvalue weighted by molar-refractivity contribution is 6.02. The van der Waals surface area contributed by atoms with Crippen LogP contribution in [0.2, 0.25) is 0 Å². The number of carbonyl (C=O) groups excluding carboxylic acids is 3. The maximum Gasteiger partial charge on any atom is 0.255 e. The molecular formula is C18H22N4O3. The van der Waals surface area contributed by atoms with Crippen molar-refractivity contribution in [2.24, 2.45) is 11.8 Å². The Morgan fingerprint density at radius 3 is 2.52 bits per heavy atom. The van der Waals surface area contributed by atoms with Gasteiger partial charge in [-0.1, -0.05) is 6.92 Å². The minimum atomic E-state index is -0.169. The highest BCUT2D eigenvalue weighted by atomic mass is 16.2. The first-order chi connectivity index (χ1) is 12.1. The maximum absolute atomic E-state index is 12.9. The molecular weight excluding hydrogens is 320 g/mol. The van der Waals surface area contributed by atoms with Gasteiger partial charge >= 0.3 is 0 Å². The molecule has 2 aliphatic heterocycles. The van der Waals surface area contributed by atoms with Crippen molar-refractivity contribution >= 4 is 17.7 Å². The van der Waals surface area contributed by atoms with Crippen LogP contribution in [0.4, 0.5) is 0 Å². The summed E-state index contributed by atoms with van der Waals surface area (Å²) in [5.74, 6) is 0.657. The lowest BCUT2D eigenvalue weighted by Gasteiger charge is -2.35. The van der Waals surface area contributed by atoms with E-state index < -0.39 is 0 Å². The average Bonchev–Trinajstić information content (AvgIpc) is 3.37. The van der Waals surface area contributed by atoms with E-state index in [0.717, 1.165) is 12.0 Å². The van der Waals surface area contributed by atoms with Crippen LogP contribution < -0.4 is 5.32 Å². The SMILES string of the molecule is CC1CC1C(=O)N1CCN(C(=O)c2cncc3c2CCNC3=O)CC1. The van der Waals surface area contributed by atoms with Gasteiger partial charge in [0.25, 0.3) is 11.8 Å². The number of nitrogens with one attached hydrogen (secondary N) is 1. The number of aromatic nitrogens is 1. The third kappa shape index (κ3) is 2.88. The van der Waals surface area contributed by atoms with Crippen LogP contribution in [0.5, 0.6) is 0 Å². The summed E-state index contributed by atoms with van der Waals surface area (Å²) in [7, 11) is 0. The molecule has 1 N–H and O–H groups in total. The van der Waals surface area contributed by atoms with Crippen molar-refractivity contribution in [2.75, 3.05) is 32.7 Å². The molecule has 0 radical (unpaired) electrons. The Balaban J connectivity index is 1.45. The van der Waals surface area contributed by atoms with Gasteiger partial charge in [0, 0.05) is 51.0 Å². The summed E-state index contributed by atoms with van der Waals surface area (Å²) >= 11 is 0. The first-order valence-corrected chi connectivity index (χ1v) is 8.89. The van der Waals surface area contributed by atoms with E-state index in [9.17, 15) is 14.4 Å². The average molecular weight is 342 g/mol. The van der Waals surface area contributed by atoms with Crippen molar-refractivity contribution in [3.05, 3.63) is 29.1 Å². The zero-order valence-electron chi connectivity index (χ0n) is 14.3. The van der Waals surface area contributed by atoms with Gasteiger partial charge < -0.3 is 15.1 Å². The predicted molar refractivity (Wildman–Crippen MR) is 90.0 cm³/mol. The van der Waals surface area contributed by atoms with Crippen LogP contribution in [-0.4, -0.2) is 65.2 Å². The van der Waals surface area contributed by atoms with Crippen molar-refractivity contribution in [3.8, 4) is 0 Å². The third-order valence-corrected chi connectivity index (χ3v) is 5.50. The molecule has 1 saturated carbocycles. The number of fused-ring (bicyclic) bond motifs is 1. The number of hydrogen-bond acceptors (Lipinski definition) is 4. The Morgan fingerprint density at radius 2 is 1.84 bits per heavy atom. The summed E-state index contributed by atoms with van der Waals surface area (Å²) < 4.78 is 0. The van der Waals surface area contributed by atoms with Crippen molar-refractivity contribution in [1.29, 1.82) is 0 Å². The van der Waals surface area contributed by atoms with Crippen LogP contribution in [0.15, 0.2) is 12.4 Å². The highest BCUT2D eigenvalue weighted by Gasteiger charge is 2.42. The number of hydrogen-bond donors (Lipinski definition) is 1. The smallest absolute Gasteiger partial charge is 0.255 e. The highest BCUT2D eigenvalue weighted by Crippen LogP contribution is 2.39. The summed E-state index contributed by atoms with van der Waals surface area (Å²) in [6.45, 7) is 4.86. The summed E-state index contributed by atoms with van der Waals surface area (Å²) in [6, 6.07) is 0. The minimum absolute atomic E-state index is 0.0917. The minimum Gasteiger partial charge on any atom is -0.352 e. The van der Waals surface area contributed by atoms with Crippen molar-refractivity contribution < 1.29 is 14.4 Å². The van der Waals surface area contributed by atoms with E-state index in [2.05, 4.69) is 17.2 Å². The second-order valence-electron chi connectivity index (χ2n) is 7.16. The molecule has 1 aromatic rings. The Morgan fingerprint density at radius 1 is 1.16 bits per heavy atom. The molecule has 1 aliphatic carbocycles. The normalized spacial score (nSPS) is 25.2. The fourth-order valence-electron chi connectivity index (χ4n) is 3.73. The first kappa shape index (κ1) is 16.1. The molecule has 4 rings (SSSR count). The predicted octanol–water partition coefficient (Wildman–Crippen LogP) is 0.308. The second kappa shape index (κ2) is 6.13. The molecule has 3 aliphatic rings. The third-order valence-electron chi connectivity index (χ3n) is 5.50. The molecule has 1 aromatic heterocycles. The van der Waals surface area contributed by atoms with Gasteiger partial charge in [-0.3, -0.25) is 19.4 Å². The van der Waals surface area contributed by atoms with Crippen LogP contribution in [0, 0.1) is 11.8 Å². The molecule has 3 amide bonds. The Bertz CT molecular complexity index is 740. The van der Waals surface area contributed by atoms with Gasteiger partial charge in [0.15, 0.2) is 0 Å². The van der Waals surface area contributed by atoms with Crippen LogP contribution >= 0.6 is 0 Å². The number of amides is 3. The Kier molecular flexibility index (Phi) is 3.94. The fourth-order valence-corrected chi connectivity index (χ4v) is 3.73. The molecule has 3 heterocycles. The first-order valence-electron chi connectivity index (χ1n) is 8.89. The fraction of sp³-hybridized carbons (Fsp3) is 0.556. The van der Waals surface area contributed by atoms with Gasteiger partial charge in [-0.25, -0.2) is 0 Å². The summed E-state index contributed by atoms with van der Waals surface area (Å²) in [4.78, 5) is 44.9. The van der Waals surface area contributed by atoms with Gasteiger partial charge in [-0.15, -0.1) is 0 Å². The zero-order chi connectivity index (χ0) is 17.6. The van der Waals surface area contributed by atoms with E-state index in [1.165, 1.54) is 6.20 Å². The van der Waals surface area contributed by atoms with E-state index >= 15 is 0 Å². The van der Waals surface area contributed by atoms with Gasteiger partial charge in [-0.05, 0) is 24.3 Å². The molecule has 0 aromatic carbocycles. The molecule has 25 heavy (non-hydrogen) atoms. The van der Waals surface area contributed by atoms with E-state index in [-0.39, 0.29) is 23.6 Å². The van der Waals surface area contributed by atoms with Crippen molar-refractivity contribution in [2.45, 2.75) is 19.8 Å². The van der Waals surface area contributed by atoms with Gasteiger partial charge in [0.05, 0.1) is 11.1 Å². The molecule has 132 valence electrons. The van der Waals surface area contributed by atoms with Crippen LogP contribution in [0.25, 0.3) is 0 Å². The largest absolute Gasteiger partial charge is 0.352 e. The molecule has 7 nitrogen and oxygen atoms in total. The number of nitrogens with zero attached hydrogens (tertiary/aromatic N) is 3. The van der Waals surface area contributed by atoms with Gasteiger partial charge in [0.1, 0.15) is 0 Å². The standard InChI is InChI=1S/C18H22N4O3/c1-11-8-13(11)17(24)21-4-6-22(7-5-21)18(25)15-10-19-9-14-12(15)2-3-20-16(14)23/h9-11,13H,2-8H2,1H3,(H,20,23). The van der Waals surface area contributed by atoms with Crippen molar-refractivity contribution in [3.63, 3.8) is 0 Å². The quantitative estimate of drug-likeness (QED) is 0.838. The van der Waals surface area contributed by atoms with Crippen molar-refractivity contribution in [1.82, 2.24) is 20.1 Å². The van der Waals surface area contributed by atoms with Crippen LogP contribution in [0.3, 0.4) is 0 Å². The van der Waals surface area contributed by atoms with Gasteiger partial charge in [-0.2, -0.15) is 0 Å². The number of piperazine rings is 1. The Labute approximate surface area is 146 Å². The maximum atomic E-state index is 12.9. The van der Waals surface area contributed by atoms with Crippen LogP contribution in [-0.2, 0) is 11.2 Å². The molecule has 2 unspecified atom stereocenters. The van der Waals surface area contributed by atoms with E-state index in [1.54, 1.807) is 11.1 Å². The van der Waals surface area contributed by atoms with E-state index in [1.807, 2.05) is 4.90 Å². The summed E-state index contributed by atoms with van der Waals surface area (Å²) in [5.41, 5.74) is 1.80. The number of pyridine rings is 1. The zero-order valence-corrected chi connectivity index (χ0v) is 14.3. The van der Waals surface area contributed by atoms with Gasteiger partial charge in [0.2, 0.25) is 5.91 Å². The number of carbonyl (C=O) groups is 3. The lowest BCUT2D eigenvalue weighted by Crippen LogP contribution is -2.51. The lowest BCUT2D eigenvalue weighted by atomic mass is 9.97. The summed E-state index contributed by atoms with van der Waals surface area (Å²) in [6.07, 6.45) is 4.71. The summed E-state index contributed by atoms with van der Waals surface area (Å²) in [5, 5.41) is 2.77.